The third kappa shape index (κ3) is 4.10. The first-order valence-corrected chi connectivity index (χ1v) is 7.13. The van der Waals surface area contributed by atoms with Gasteiger partial charge in [-0.05, 0) is 37.6 Å². The molecule has 0 spiro atoms. The summed E-state index contributed by atoms with van der Waals surface area (Å²) in [5, 5.41) is 0. The fraction of sp³-hybridized carbons (Fsp3) is 0.786. The second kappa shape index (κ2) is 7.54. The Balaban J connectivity index is 1.57. The number of nitrogens with zero attached hydrogens (tertiary/aromatic N) is 2. The summed E-state index contributed by atoms with van der Waals surface area (Å²) < 4.78 is 7.90. The molecule has 4 heteroatoms. The molecule has 2 rings (SSSR count). The van der Waals surface area contributed by atoms with Gasteiger partial charge in [0.1, 0.15) is 0 Å². The van der Waals surface area contributed by atoms with Crippen LogP contribution in [0.3, 0.4) is 0 Å². The van der Waals surface area contributed by atoms with Crippen molar-refractivity contribution in [3.05, 3.63) is 18.7 Å². The first kappa shape index (κ1) is 13.6. The van der Waals surface area contributed by atoms with Gasteiger partial charge < -0.3 is 15.0 Å². The summed E-state index contributed by atoms with van der Waals surface area (Å²) in [6.45, 7) is 3.55. The first-order valence-electron chi connectivity index (χ1n) is 7.13. The molecule has 102 valence electrons. The van der Waals surface area contributed by atoms with E-state index in [9.17, 15) is 0 Å². The van der Waals surface area contributed by atoms with E-state index < -0.39 is 0 Å². The van der Waals surface area contributed by atoms with Crippen LogP contribution in [-0.2, 0) is 11.3 Å². The molecular weight excluding hydrogens is 226 g/mol. The Hall–Kier alpha value is -0.870. The zero-order valence-electron chi connectivity index (χ0n) is 11.1. The zero-order valence-corrected chi connectivity index (χ0v) is 11.1. The monoisotopic (exact) mass is 251 g/mol. The quantitative estimate of drug-likeness (QED) is 0.755. The van der Waals surface area contributed by atoms with Crippen LogP contribution in [0.15, 0.2) is 18.7 Å². The fourth-order valence-corrected chi connectivity index (χ4v) is 2.82. The van der Waals surface area contributed by atoms with Crippen molar-refractivity contribution >= 4 is 0 Å². The van der Waals surface area contributed by atoms with E-state index in [0.29, 0.717) is 11.8 Å². The largest absolute Gasteiger partial charge is 0.381 e. The van der Waals surface area contributed by atoms with Gasteiger partial charge in [0, 0.05) is 32.2 Å². The predicted molar refractivity (Wildman–Crippen MR) is 72.2 cm³/mol. The van der Waals surface area contributed by atoms with Gasteiger partial charge in [-0.1, -0.05) is 12.8 Å². The molecule has 0 aromatic carbocycles. The van der Waals surface area contributed by atoms with Crippen molar-refractivity contribution in [2.45, 2.75) is 38.6 Å². The number of nitrogens with two attached hydrogens (primary N) is 1. The number of rotatable bonds is 7. The molecule has 0 aliphatic heterocycles. The molecule has 1 aromatic heterocycles. The van der Waals surface area contributed by atoms with Crippen molar-refractivity contribution in [2.75, 3.05) is 19.8 Å². The van der Waals surface area contributed by atoms with Gasteiger partial charge in [0.2, 0.25) is 0 Å². The number of hydrogen-bond acceptors (Lipinski definition) is 3. The van der Waals surface area contributed by atoms with E-state index in [1.165, 1.54) is 25.7 Å². The van der Waals surface area contributed by atoms with Gasteiger partial charge in [0.05, 0.1) is 6.33 Å². The molecule has 0 amide bonds. The maximum Gasteiger partial charge on any atom is 0.0945 e. The van der Waals surface area contributed by atoms with Crippen LogP contribution in [0.1, 0.15) is 32.1 Å². The summed E-state index contributed by atoms with van der Waals surface area (Å²) in [6, 6.07) is 0. The molecule has 1 aliphatic rings. The Morgan fingerprint density at radius 3 is 2.83 bits per heavy atom. The minimum absolute atomic E-state index is 0.687. The van der Waals surface area contributed by atoms with Gasteiger partial charge >= 0.3 is 0 Å². The Labute approximate surface area is 110 Å². The Morgan fingerprint density at radius 1 is 1.28 bits per heavy atom. The highest BCUT2D eigenvalue weighted by molar-refractivity contribution is 4.76. The van der Waals surface area contributed by atoms with E-state index in [-0.39, 0.29) is 0 Å². The van der Waals surface area contributed by atoms with Crippen molar-refractivity contribution in [3.8, 4) is 0 Å². The third-order valence-corrected chi connectivity index (χ3v) is 3.97. The second-order valence-electron chi connectivity index (χ2n) is 5.27. The summed E-state index contributed by atoms with van der Waals surface area (Å²) in [4.78, 5) is 4.02. The van der Waals surface area contributed by atoms with Crippen molar-refractivity contribution in [1.29, 1.82) is 0 Å². The molecular formula is C14H25N3O. The van der Waals surface area contributed by atoms with E-state index in [1.54, 1.807) is 0 Å². The van der Waals surface area contributed by atoms with Crippen LogP contribution in [0.4, 0.5) is 0 Å². The van der Waals surface area contributed by atoms with Crippen LogP contribution < -0.4 is 5.73 Å². The van der Waals surface area contributed by atoms with E-state index >= 15 is 0 Å². The minimum Gasteiger partial charge on any atom is -0.381 e. The van der Waals surface area contributed by atoms with Crippen LogP contribution in [0.2, 0.25) is 0 Å². The summed E-state index contributed by atoms with van der Waals surface area (Å²) in [7, 11) is 0. The third-order valence-electron chi connectivity index (χ3n) is 3.97. The minimum atomic E-state index is 0.687. The van der Waals surface area contributed by atoms with Crippen molar-refractivity contribution in [3.63, 3.8) is 0 Å². The molecule has 2 atom stereocenters. The lowest BCUT2D eigenvalue weighted by molar-refractivity contribution is 0.0583. The summed E-state index contributed by atoms with van der Waals surface area (Å²) in [5.74, 6) is 1.38. The second-order valence-corrected chi connectivity index (χ2v) is 5.27. The van der Waals surface area contributed by atoms with E-state index in [2.05, 4.69) is 9.55 Å². The molecule has 18 heavy (non-hydrogen) atoms. The van der Waals surface area contributed by atoms with Gasteiger partial charge in [0.25, 0.3) is 0 Å². The maximum absolute atomic E-state index is 5.82. The molecule has 1 aliphatic carbocycles. The lowest BCUT2D eigenvalue weighted by Gasteiger charge is -2.30. The maximum atomic E-state index is 5.82. The first-order chi connectivity index (χ1) is 8.90. The Morgan fingerprint density at radius 2 is 2.11 bits per heavy atom. The Kier molecular flexibility index (Phi) is 5.68. The lowest BCUT2D eigenvalue weighted by Crippen LogP contribution is -2.30. The van der Waals surface area contributed by atoms with Gasteiger partial charge in [-0.3, -0.25) is 0 Å². The molecule has 1 fully saturated rings. The molecule has 2 unspecified atom stereocenters. The van der Waals surface area contributed by atoms with E-state index in [0.717, 1.165) is 32.7 Å². The highest BCUT2D eigenvalue weighted by Gasteiger charge is 2.23. The van der Waals surface area contributed by atoms with Gasteiger partial charge in [0.15, 0.2) is 0 Å². The van der Waals surface area contributed by atoms with E-state index in [4.69, 9.17) is 10.5 Å². The lowest BCUT2D eigenvalue weighted by atomic mass is 9.80. The van der Waals surface area contributed by atoms with E-state index in [1.807, 2.05) is 18.7 Å². The molecule has 1 saturated carbocycles. The van der Waals surface area contributed by atoms with Crippen LogP contribution in [0.5, 0.6) is 0 Å². The molecule has 0 saturated heterocycles. The van der Waals surface area contributed by atoms with Crippen LogP contribution in [0.25, 0.3) is 0 Å². The molecule has 0 bridgehead atoms. The van der Waals surface area contributed by atoms with Crippen LogP contribution in [0, 0.1) is 11.8 Å². The zero-order chi connectivity index (χ0) is 12.6. The number of hydrogen-bond donors (Lipinski definition) is 1. The highest BCUT2D eigenvalue weighted by Crippen LogP contribution is 2.29. The van der Waals surface area contributed by atoms with Crippen LogP contribution >= 0.6 is 0 Å². The van der Waals surface area contributed by atoms with Crippen molar-refractivity contribution < 1.29 is 4.74 Å². The number of imidazole rings is 1. The number of aromatic nitrogens is 2. The van der Waals surface area contributed by atoms with Crippen molar-refractivity contribution in [1.82, 2.24) is 9.55 Å². The standard InChI is InChI=1S/C14H25N3O/c15-10-13-4-1-2-5-14(13)11-18-9-3-7-17-8-6-16-12-17/h6,8,12-14H,1-5,7,9-11,15H2. The molecule has 1 aromatic rings. The summed E-state index contributed by atoms with van der Waals surface area (Å²) >= 11 is 0. The molecule has 1 heterocycles. The number of ether oxygens (including phenoxy) is 1. The summed E-state index contributed by atoms with van der Waals surface area (Å²) in [6.07, 6.45) is 12.0. The van der Waals surface area contributed by atoms with Crippen LogP contribution in [-0.4, -0.2) is 29.3 Å². The average Bonchev–Trinajstić information content (AvgIpc) is 2.92. The summed E-state index contributed by atoms with van der Waals surface area (Å²) in [5.41, 5.74) is 5.82. The molecule has 0 radical (unpaired) electrons. The number of aryl methyl sites for hydroxylation is 1. The topological polar surface area (TPSA) is 53.1 Å². The molecule has 4 nitrogen and oxygen atoms in total. The average molecular weight is 251 g/mol. The predicted octanol–water partition coefficient (Wildman–Crippen LogP) is 2.05. The SMILES string of the molecule is NCC1CCCCC1COCCCn1ccnc1. The van der Waals surface area contributed by atoms with Crippen molar-refractivity contribution in [2.24, 2.45) is 17.6 Å². The fourth-order valence-electron chi connectivity index (χ4n) is 2.82. The smallest absolute Gasteiger partial charge is 0.0945 e. The van der Waals surface area contributed by atoms with Gasteiger partial charge in [-0.15, -0.1) is 0 Å². The molecule has 2 N–H and O–H groups in total. The Bertz CT molecular complexity index is 313. The highest BCUT2D eigenvalue weighted by atomic mass is 16.5. The van der Waals surface area contributed by atoms with Gasteiger partial charge in [-0.25, -0.2) is 4.98 Å². The van der Waals surface area contributed by atoms with Gasteiger partial charge in [-0.2, -0.15) is 0 Å². The normalized spacial score (nSPS) is 24.3.